The molecule has 1 saturated heterocycles. The fourth-order valence-electron chi connectivity index (χ4n) is 6.55. The number of nitrogens with one attached hydrogen (secondary N) is 2. The van der Waals surface area contributed by atoms with Gasteiger partial charge in [0.2, 0.25) is 17.7 Å². The molecule has 376 valence electrons. The Kier molecular flexibility index (Phi) is 28.0. The van der Waals surface area contributed by atoms with Crippen LogP contribution < -0.4 is 10.6 Å². The van der Waals surface area contributed by atoms with Crippen molar-refractivity contribution in [1.82, 2.24) is 10.2 Å². The number of carbonyl (C=O) groups excluding carboxylic acids is 7. The van der Waals surface area contributed by atoms with Crippen molar-refractivity contribution in [1.29, 1.82) is 0 Å². The van der Waals surface area contributed by atoms with Gasteiger partial charge in [-0.15, -0.1) is 0 Å². The third-order valence-corrected chi connectivity index (χ3v) is 9.96. The number of hydrogen-bond donors (Lipinski definition) is 2. The number of nitrogens with zero attached hydrogens (tertiary/aromatic N) is 1. The zero-order chi connectivity index (χ0) is 48.4. The lowest BCUT2D eigenvalue weighted by molar-refractivity contribution is -0.140. The minimum Gasteiger partial charge on any atom is -0.457 e. The number of benzene rings is 2. The average Bonchev–Trinajstić information content (AvgIpc) is 3.59. The fourth-order valence-corrected chi connectivity index (χ4v) is 6.55. The number of carbonyl (C=O) groups is 7. The number of unbranched alkanes of at least 4 members (excludes halogenated alkanes) is 2. The maximum atomic E-state index is 13.2. The van der Waals surface area contributed by atoms with Crippen molar-refractivity contribution in [3.05, 3.63) is 65.2 Å². The smallest absolute Gasteiger partial charge is 0.379 e. The van der Waals surface area contributed by atoms with Gasteiger partial charge >= 0.3 is 5.97 Å². The number of rotatable bonds is 40. The quantitative estimate of drug-likeness (QED) is 0.0319. The second-order valence-corrected chi connectivity index (χ2v) is 15.0. The van der Waals surface area contributed by atoms with E-state index in [4.69, 9.17) is 52.1 Å². The summed E-state index contributed by atoms with van der Waals surface area (Å²) in [5.74, 6) is -4.35. The SMILES string of the molecule is O=C1CCC(N2C(=O)c3cccc(NC(=O)CCCCCOCCOCCOCCOCCOCCOCCOCCOCCOCCOCCOC(=O)C(=O)c4ccccc4)c3C2=O)C(=O)N1. The average molecular weight is 960 g/mol. The van der Waals surface area contributed by atoms with E-state index in [0.717, 1.165) is 17.7 Å². The highest BCUT2D eigenvalue weighted by molar-refractivity contribution is 6.40. The van der Waals surface area contributed by atoms with E-state index < -0.39 is 41.4 Å². The molecule has 1 atom stereocenters. The first-order valence-electron chi connectivity index (χ1n) is 23.0. The lowest BCUT2D eigenvalue weighted by Crippen LogP contribution is -2.54. The van der Waals surface area contributed by atoms with Crippen molar-refractivity contribution in [3.63, 3.8) is 0 Å². The fraction of sp³-hybridized carbons (Fsp3) is 0.596. The first-order valence-corrected chi connectivity index (χ1v) is 23.0. The number of anilines is 1. The molecule has 68 heavy (non-hydrogen) atoms. The van der Waals surface area contributed by atoms with Crippen molar-refractivity contribution in [2.75, 3.05) is 144 Å². The van der Waals surface area contributed by atoms with Crippen molar-refractivity contribution < 1.29 is 85.7 Å². The Balaban J connectivity index is 0.803. The van der Waals surface area contributed by atoms with Crippen LogP contribution in [-0.4, -0.2) is 191 Å². The molecule has 1 unspecified atom stereocenters. The van der Waals surface area contributed by atoms with Crippen LogP contribution in [0, 0.1) is 0 Å². The predicted octanol–water partition coefficient (Wildman–Crippen LogP) is 2.18. The summed E-state index contributed by atoms with van der Waals surface area (Å²) in [4.78, 5) is 87.3. The van der Waals surface area contributed by atoms with Crippen molar-refractivity contribution in [2.24, 2.45) is 0 Å². The summed E-state index contributed by atoms with van der Waals surface area (Å²) in [5, 5.41) is 4.90. The van der Waals surface area contributed by atoms with Gasteiger partial charge in [-0.1, -0.05) is 42.8 Å². The molecule has 4 rings (SSSR count). The van der Waals surface area contributed by atoms with Gasteiger partial charge in [-0.3, -0.25) is 39.0 Å². The summed E-state index contributed by atoms with van der Waals surface area (Å²) in [6.45, 7) is 8.31. The highest BCUT2D eigenvalue weighted by atomic mass is 16.6. The van der Waals surface area contributed by atoms with E-state index >= 15 is 0 Å². The molecule has 0 spiro atoms. The van der Waals surface area contributed by atoms with E-state index in [9.17, 15) is 33.6 Å². The van der Waals surface area contributed by atoms with E-state index in [1.54, 1.807) is 42.5 Å². The molecule has 2 aliphatic heterocycles. The molecule has 1 fully saturated rings. The van der Waals surface area contributed by atoms with Crippen LogP contribution in [0.3, 0.4) is 0 Å². The second kappa shape index (κ2) is 34.3. The molecule has 2 aromatic rings. The maximum Gasteiger partial charge on any atom is 0.379 e. The molecule has 21 nitrogen and oxygen atoms in total. The van der Waals surface area contributed by atoms with E-state index in [1.807, 2.05) is 0 Å². The van der Waals surface area contributed by atoms with Crippen LogP contribution >= 0.6 is 0 Å². The Morgan fingerprint density at radius 1 is 0.529 bits per heavy atom. The highest BCUT2D eigenvalue weighted by Gasteiger charge is 2.45. The van der Waals surface area contributed by atoms with Crippen LogP contribution in [0.1, 0.15) is 69.6 Å². The molecular weight excluding hydrogens is 895 g/mol. The number of Topliss-reactive ketones (excluding diaryl/α,β-unsaturated/α-hetero) is 1. The standard InChI is InChI=1S/C47H65N3O18/c51-40(48-38-11-7-10-37-42(38)46(56)50(45(37)55)39-13-14-41(52)49-44(39)54)12-5-2-6-15-58-16-17-59-18-19-60-20-21-61-22-23-62-24-25-63-26-27-64-28-29-65-30-31-66-32-33-67-34-35-68-47(57)43(53)36-8-3-1-4-9-36/h1,3-4,7-11,39H,2,5-6,12-35H2,(H,48,51)(H,49,52,54). The molecule has 2 aromatic carbocycles. The van der Waals surface area contributed by atoms with Gasteiger partial charge in [-0.25, -0.2) is 4.79 Å². The van der Waals surface area contributed by atoms with Gasteiger partial charge in [0.25, 0.3) is 17.6 Å². The minimum absolute atomic E-state index is 0.0188. The van der Waals surface area contributed by atoms with E-state index in [-0.39, 0.29) is 60.8 Å². The summed E-state index contributed by atoms with van der Waals surface area (Å²) in [5.41, 5.74) is 0.645. The second-order valence-electron chi connectivity index (χ2n) is 15.0. The Morgan fingerprint density at radius 3 is 1.49 bits per heavy atom. The van der Waals surface area contributed by atoms with Crippen molar-refractivity contribution >= 4 is 47.0 Å². The number of hydrogen-bond acceptors (Lipinski definition) is 18. The Morgan fingerprint density at radius 2 is 1.00 bits per heavy atom. The van der Waals surface area contributed by atoms with Gasteiger partial charge in [0.05, 0.1) is 142 Å². The van der Waals surface area contributed by atoms with Gasteiger partial charge in [0, 0.05) is 25.0 Å². The van der Waals surface area contributed by atoms with Gasteiger partial charge in [-0.2, -0.15) is 0 Å². The topological polar surface area (TPSA) is 248 Å². The third kappa shape index (κ3) is 21.5. The maximum absolute atomic E-state index is 13.2. The normalized spacial score (nSPS) is 14.6. The van der Waals surface area contributed by atoms with E-state index in [1.165, 1.54) is 6.07 Å². The number of ether oxygens (including phenoxy) is 11. The first-order chi connectivity index (χ1) is 33.3. The van der Waals surface area contributed by atoms with Crippen LogP contribution in [0.5, 0.6) is 0 Å². The van der Waals surface area contributed by atoms with E-state index in [2.05, 4.69) is 10.6 Å². The molecule has 0 radical (unpaired) electrons. The molecule has 0 bridgehead atoms. The number of imide groups is 2. The van der Waals surface area contributed by atoms with Crippen LogP contribution in [0.25, 0.3) is 0 Å². The molecular formula is C47H65N3O18. The Hall–Kier alpha value is -5.07. The zero-order valence-corrected chi connectivity index (χ0v) is 38.6. The third-order valence-electron chi connectivity index (χ3n) is 9.96. The largest absolute Gasteiger partial charge is 0.457 e. The van der Waals surface area contributed by atoms with E-state index in [0.29, 0.717) is 132 Å². The summed E-state index contributed by atoms with van der Waals surface area (Å²) >= 11 is 0. The molecule has 5 amide bonds. The Labute approximate surface area is 395 Å². The lowest BCUT2D eigenvalue weighted by atomic mass is 10.0. The number of esters is 1. The molecule has 0 aliphatic carbocycles. The molecule has 2 aliphatic rings. The van der Waals surface area contributed by atoms with Gasteiger partial charge in [0.15, 0.2) is 0 Å². The molecule has 2 N–H and O–H groups in total. The number of piperidine rings is 1. The Bertz CT molecular complexity index is 1850. The summed E-state index contributed by atoms with van der Waals surface area (Å²) in [6, 6.07) is 11.7. The molecule has 21 heteroatoms. The van der Waals surface area contributed by atoms with Gasteiger partial charge in [-0.05, 0) is 31.4 Å². The number of ketones is 1. The van der Waals surface area contributed by atoms with Crippen molar-refractivity contribution in [2.45, 2.75) is 44.6 Å². The van der Waals surface area contributed by atoms with Crippen LogP contribution in [-0.2, 0) is 71.3 Å². The van der Waals surface area contributed by atoms with Crippen LogP contribution in [0.2, 0.25) is 0 Å². The zero-order valence-electron chi connectivity index (χ0n) is 38.6. The predicted molar refractivity (Wildman–Crippen MR) is 240 cm³/mol. The van der Waals surface area contributed by atoms with Crippen molar-refractivity contribution in [3.8, 4) is 0 Å². The number of fused-ring (bicyclic) bond motifs is 1. The molecule has 0 saturated carbocycles. The van der Waals surface area contributed by atoms with Crippen LogP contribution in [0.4, 0.5) is 5.69 Å². The highest BCUT2D eigenvalue weighted by Crippen LogP contribution is 2.32. The minimum atomic E-state index is -1.08. The summed E-state index contributed by atoms with van der Waals surface area (Å²) in [6.07, 6.45) is 2.40. The molecule has 2 heterocycles. The van der Waals surface area contributed by atoms with Crippen LogP contribution in [0.15, 0.2) is 48.5 Å². The monoisotopic (exact) mass is 959 g/mol. The molecule has 0 aromatic heterocycles. The number of amides is 5. The van der Waals surface area contributed by atoms with Gasteiger partial charge in [0.1, 0.15) is 12.6 Å². The summed E-state index contributed by atoms with van der Waals surface area (Å²) in [7, 11) is 0. The van der Waals surface area contributed by atoms with Gasteiger partial charge < -0.3 is 57.4 Å². The first kappa shape index (κ1) is 55.5. The summed E-state index contributed by atoms with van der Waals surface area (Å²) < 4.78 is 59.7. The lowest BCUT2D eigenvalue weighted by Gasteiger charge is -2.27.